The Kier molecular flexibility index (Phi) is 4.47. The monoisotopic (exact) mass is 366 g/mol. The predicted octanol–water partition coefficient (Wildman–Crippen LogP) is 3.55. The van der Waals surface area contributed by atoms with Crippen molar-refractivity contribution >= 4 is 34.4 Å². The smallest absolute Gasteiger partial charge is 0.253 e. The molecule has 0 spiro atoms. The van der Waals surface area contributed by atoms with Crippen LogP contribution in [0.3, 0.4) is 0 Å². The number of fused-ring (bicyclic) bond motifs is 1. The first kappa shape index (κ1) is 16.8. The number of halogens is 1. The molecule has 0 aliphatic carbocycles. The van der Waals surface area contributed by atoms with Crippen molar-refractivity contribution < 1.29 is 4.79 Å². The highest BCUT2D eigenvalue weighted by Crippen LogP contribution is 2.22. The summed E-state index contributed by atoms with van der Waals surface area (Å²) in [4.78, 5) is 26.2. The first-order chi connectivity index (χ1) is 12.6. The molecule has 1 saturated heterocycles. The first-order valence-corrected chi connectivity index (χ1v) is 9.03. The van der Waals surface area contributed by atoms with Crippen molar-refractivity contribution in [3.8, 4) is 0 Å². The van der Waals surface area contributed by atoms with E-state index in [-0.39, 0.29) is 5.91 Å². The third kappa shape index (κ3) is 3.22. The second-order valence-corrected chi connectivity index (χ2v) is 6.84. The van der Waals surface area contributed by atoms with Gasteiger partial charge in [-0.15, -0.1) is 0 Å². The predicted molar refractivity (Wildman–Crippen MR) is 104 cm³/mol. The maximum Gasteiger partial charge on any atom is 0.253 e. The summed E-state index contributed by atoms with van der Waals surface area (Å²) in [6, 6.07) is 14.9. The van der Waals surface area contributed by atoms with E-state index in [0.717, 1.165) is 35.6 Å². The Balaban J connectivity index is 1.49. The maximum atomic E-state index is 12.6. The summed E-state index contributed by atoms with van der Waals surface area (Å²) in [5, 5.41) is 0.636. The molecule has 0 radical (unpaired) electrons. The SMILES string of the molecule is Cc1nc2ccccc2nc1N1CCN(C(=O)c2ccc(Cl)cc2)CC1. The standard InChI is InChI=1S/C20H19ClN4O/c1-14-19(23-18-5-3-2-4-17(18)22-14)24-10-12-25(13-11-24)20(26)15-6-8-16(21)9-7-15/h2-9H,10-13H2,1H3. The van der Waals surface area contributed by atoms with Crippen LogP contribution in [0.15, 0.2) is 48.5 Å². The van der Waals surface area contributed by atoms with Crippen LogP contribution in [0.1, 0.15) is 16.1 Å². The number of amides is 1. The average molecular weight is 367 g/mol. The van der Waals surface area contributed by atoms with E-state index in [1.807, 2.05) is 36.1 Å². The van der Waals surface area contributed by atoms with Crippen molar-refractivity contribution in [2.75, 3.05) is 31.1 Å². The summed E-state index contributed by atoms with van der Waals surface area (Å²) >= 11 is 5.90. The lowest BCUT2D eigenvalue weighted by molar-refractivity contribution is 0.0746. The molecule has 1 fully saturated rings. The van der Waals surface area contributed by atoms with Gasteiger partial charge in [-0.2, -0.15) is 0 Å². The van der Waals surface area contributed by atoms with Crippen LogP contribution in [-0.2, 0) is 0 Å². The molecule has 0 bridgehead atoms. The van der Waals surface area contributed by atoms with Gasteiger partial charge in [0.05, 0.1) is 16.7 Å². The van der Waals surface area contributed by atoms with Gasteiger partial charge in [-0.25, -0.2) is 9.97 Å². The van der Waals surface area contributed by atoms with Gasteiger partial charge in [0.15, 0.2) is 5.82 Å². The second-order valence-electron chi connectivity index (χ2n) is 6.41. The zero-order valence-corrected chi connectivity index (χ0v) is 15.3. The van der Waals surface area contributed by atoms with E-state index in [1.54, 1.807) is 24.3 Å². The molecule has 4 rings (SSSR count). The number of hydrogen-bond acceptors (Lipinski definition) is 4. The lowest BCUT2D eigenvalue weighted by Gasteiger charge is -2.36. The van der Waals surface area contributed by atoms with Crippen LogP contribution in [0, 0.1) is 6.92 Å². The van der Waals surface area contributed by atoms with Crippen LogP contribution in [0.25, 0.3) is 11.0 Å². The minimum Gasteiger partial charge on any atom is -0.352 e. The van der Waals surface area contributed by atoms with Gasteiger partial charge in [-0.05, 0) is 43.3 Å². The van der Waals surface area contributed by atoms with Gasteiger partial charge in [0.25, 0.3) is 5.91 Å². The molecule has 1 aliphatic heterocycles. The number of benzene rings is 2. The first-order valence-electron chi connectivity index (χ1n) is 8.65. The number of aromatic nitrogens is 2. The van der Waals surface area contributed by atoms with Crippen LogP contribution in [-0.4, -0.2) is 47.0 Å². The Bertz CT molecular complexity index is 950. The third-order valence-electron chi connectivity index (χ3n) is 4.68. The number of nitrogens with zero attached hydrogens (tertiary/aromatic N) is 4. The number of para-hydroxylation sites is 2. The topological polar surface area (TPSA) is 49.3 Å². The van der Waals surface area contributed by atoms with Crippen LogP contribution in [0.5, 0.6) is 0 Å². The zero-order valence-electron chi connectivity index (χ0n) is 14.5. The van der Waals surface area contributed by atoms with Gasteiger partial charge in [0, 0.05) is 36.8 Å². The molecule has 6 heteroatoms. The zero-order chi connectivity index (χ0) is 18.1. The summed E-state index contributed by atoms with van der Waals surface area (Å²) in [7, 11) is 0. The molecular weight excluding hydrogens is 348 g/mol. The van der Waals surface area contributed by atoms with Gasteiger partial charge in [-0.3, -0.25) is 4.79 Å². The van der Waals surface area contributed by atoms with E-state index < -0.39 is 0 Å². The molecule has 0 saturated carbocycles. The van der Waals surface area contributed by atoms with Gasteiger partial charge in [-0.1, -0.05) is 23.7 Å². The second kappa shape index (κ2) is 6.92. The third-order valence-corrected chi connectivity index (χ3v) is 4.93. The number of carbonyl (C=O) groups excluding carboxylic acids is 1. The number of carbonyl (C=O) groups is 1. The van der Waals surface area contributed by atoms with Crippen molar-refractivity contribution in [2.24, 2.45) is 0 Å². The van der Waals surface area contributed by atoms with E-state index in [0.29, 0.717) is 23.7 Å². The molecule has 5 nitrogen and oxygen atoms in total. The number of aryl methyl sites for hydroxylation is 1. The van der Waals surface area contributed by atoms with E-state index >= 15 is 0 Å². The van der Waals surface area contributed by atoms with Crippen LogP contribution >= 0.6 is 11.6 Å². The summed E-state index contributed by atoms with van der Waals surface area (Å²) in [5.74, 6) is 0.949. The fourth-order valence-corrected chi connectivity index (χ4v) is 3.40. The molecule has 132 valence electrons. The van der Waals surface area contributed by atoms with Crippen molar-refractivity contribution in [3.05, 3.63) is 64.8 Å². The minimum absolute atomic E-state index is 0.0441. The van der Waals surface area contributed by atoms with E-state index in [4.69, 9.17) is 16.6 Å². The summed E-state index contributed by atoms with van der Waals surface area (Å²) in [6.07, 6.45) is 0. The highest BCUT2D eigenvalue weighted by molar-refractivity contribution is 6.30. The summed E-state index contributed by atoms with van der Waals surface area (Å²) in [5.41, 5.74) is 3.39. The lowest BCUT2D eigenvalue weighted by Crippen LogP contribution is -2.49. The van der Waals surface area contributed by atoms with Crippen LogP contribution in [0.2, 0.25) is 5.02 Å². The Morgan fingerprint density at radius 2 is 1.54 bits per heavy atom. The van der Waals surface area contributed by atoms with Crippen molar-refractivity contribution in [1.82, 2.24) is 14.9 Å². The Morgan fingerprint density at radius 1 is 0.923 bits per heavy atom. The molecular formula is C20H19ClN4O. The number of anilines is 1. The van der Waals surface area contributed by atoms with Crippen molar-refractivity contribution in [2.45, 2.75) is 6.92 Å². The van der Waals surface area contributed by atoms with Crippen molar-refractivity contribution in [1.29, 1.82) is 0 Å². The molecule has 1 aromatic heterocycles. The summed E-state index contributed by atoms with van der Waals surface area (Å²) < 4.78 is 0. The molecule has 2 aromatic carbocycles. The minimum atomic E-state index is 0.0441. The van der Waals surface area contributed by atoms with Gasteiger partial charge in [0.2, 0.25) is 0 Å². The average Bonchev–Trinajstić information content (AvgIpc) is 2.68. The molecule has 0 unspecified atom stereocenters. The Hall–Kier alpha value is -2.66. The highest BCUT2D eigenvalue weighted by Gasteiger charge is 2.24. The molecule has 0 N–H and O–H groups in total. The molecule has 2 heterocycles. The van der Waals surface area contributed by atoms with Crippen LogP contribution in [0.4, 0.5) is 5.82 Å². The lowest BCUT2D eigenvalue weighted by atomic mass is 10.2. The van der Waals surface area contributed by atoms with E-state index in [9.17, 15) is 4.79 Å². The fourth-order valence-electron chi connectivity index (χ4n) is 3.27. The largest absolute Gasteiger partial charge is 0.352 e. The maximum absolute atomic E-state index is 12.6. The quantitative estimate of drug-likeness (QED) is 0.696. The molecule has 3 aromatic rings. The normalized spacial score (nSPS) is 14.7. The molecule has 26 heavy (non-hydrogen) atoms. The molecule has 1 aliphatic rings. The van der Waals surface area contributed by atoms with E-state index in [2.05, 4.69) is 9.88 Å². The Labute approximate surface area is 157 Å². The molecule has 1 amide bonds. The summed E-state index contributed by atoms with van der Waals surface area (Å²) in [6.45, 7) is 4.80. The van der Waals surface area contributed by atoms with Gasteiger partial charge in [0.1, 0.15) is 0 Å². The van der Waals surface area contributed by atoms with Gasteiger partial charge >= 0.3 is 0 Å². The Morgan fingerprint density at radius 3 is 2.19 bits per heavy atom. The number of hydrogen-bond donors (Lipinski definition) is 0. The number of rotatable bonds is 2. The van der Waals surface area contributed by atoms with Gasteiger partial charge < -0.3 is 9.80 Å². The van der Waals surface area contributed by atoms with Crippen molar-refractivity contribution in [3.63, 3.8) is 0 Å². The highest BCUT2D eigenvalue weighted by atomic mass is 35.5. The van der Waals surface area contributed by atoms with E-state index in [1.165, 1.54) is 0 Å². The fraction of sp³-hybridized carbons (Fsp3) is 0.250. The van der Waals surface area contributed by atoms with Crippen LogP contribution < -0.4 is 4.90 Å². The number of piperazine rings is 1. The molecule has 0 atom stereocenters.